The molecule has 2 aromatic heterocycles. The lowest BCUT2D eigenvalue weighted by atomic mass is 10.2. The molecule has 0 amide bonds. The topological polar surface area (TPSA) is 90.9 Å². The molecule has 2 heterocycles. The largest absolute Gasteiger partial charge is 0.481 e. The number of hydrogen-bond donors (Lipinski definition) is 2. The van der Waals surface area contributed by atoms with Crippen molar-refractivity contribution in [2.24, 2.45) is 7.05 Å². The maximum Gasteiger partial charge on any atom is 0.225 e. The number of methoxy groups -OCH3 is 1. The first-order chi connectivity index (χ1) is 8.60. The third-order valence-electron chi connectivity index (χ3n) is 2.73. The molecule has 7 heteroatoms. The number of nitrogen functional groups attached to an aromatic ring is 1. The molecule has 0 bridgehead atoms. The van der Waals surface area contributed by atoms with Crippen LogP contribution in [0.1, 0.15) is 11.3 Å². The first-order valence-electron chi connectivity index (χ1n) is 5.50. The van der Waals surface area contributed by atoms with Crippen molar-refractivity contribution in [3.8, 4) is 5.88 Å². The lowest BCUT2D eigenvalue weighted by Crippen LogP contribution is -2.06. The molecule has 0 spiro atoms. The van der Waals surface area contributed by atoms with Crippen molar-refractivity contribution in [1.82, 2.24) is 19.7 Å². The molecular formula is C11H16N6O. The molecule has 96 valence electrons. The molecule has 2 aromatic rings. The van der Waals surface area contributed by atoms with Crippen LogP contribution in [0.4, 0.5) is 11.8 Å². The van der Waals surface area contributed by atoms with Crippen LogP contribution in [0.2, 0.25) is 0 Å². The maximum absolute atomic E-state index is 5.58. The molecule has 0 aromatic carbocycles. The van der Waals surface area contributed by atoms with Crippen molar-refractivity contribution in [3.05, 3.63) is 23.5 Å². The van der Waals surface area contributed by atoms with Crippen molar-refractivity contribution in [2.45, 2.75) is 13.5 Å². The number of rotatable bonds is 4. The molecule has 18 heavy (non-hydrogen) atoms. The van der Waals surface area contributed by atoms with E-state index in [1.165, 1.54) is 7.11 Å². The quantitative estimate of drug-likeness (QED) is 0.828. The Balaban J connectivity index is 2.10. The van der Waals surface area contributed by atoms with Crippen LogP contribution >= 0.6 is 0 Å². The van der Waals surface area contributed by atoms with Gasteiger partial charge in [-0.15, -0.1) is 0 Å². The smallest absolute Gasteiger partial charge is 0.225 e. The van der Waals surface area contributed by atoms with Gasteiger partial charge in [0.25, 0.3) is 0 Å². The highest BCUT2D eigenvalue weighted by Gasteiger charge is 2.05. The van der Waals surface area contributed by atoms with E-state index in [0.717, 1.165) is 11.3 Å². The summed E-state index contributed by atoms with van der Waals surface area (Å²) in [6.07, 6.45) is 1.82. The minimum Gasteiger partial charge on any atom is -0.481 e. The van der Waals surface area contributed by atoms with Gasteiger partial charge in [0.15, 0.2) is 0 Å². The molecule has 0 fully saturated rings. The fourth-order valence-corrected chi connectivity index (χ4v) is 1.54. The monoisotopic (exact) mass is 248 g/mol. The zero-order valence-electron chi connectivity index (χ0n) is 10.6. The van der Waals surface area contributed by atoms with E-state index in [2.05, 4.69) is 20.4 Å². The summed E-state index contributed by atoms with van der Waals surface area (Å²) < 4.78 is 6.85. The van der Waals surface area contributed by atoms with E-state index in [4.69, 9.17) is 10.5 Å². The Hall–Kier alpha value is -2.31. The lowest BCUT2D eigenvalue weighted by molar-refractivity contribution is 0.398. The van der Waals surface area contributed by atoms with Crippen molar-refractivity contribution in [3.63, 3.8) is 0 Å². The average molecular weight is 248 g/mol. The van der Waals surface area contributed by atoms with Gasteiger partial charge in [-0.25, -0.2) is 0 Å². The molecule has 0 aliphatic carbocycles. The molecule has 3 N–H and O–H groups in total. The Morgan fingerprint density at radius 3 is 2.83 bits per heavy atom. The number of nitrogens with zero attached hydrogens (tertiary/aromatic N) is 4. The first kappa shape index (κ1) is 12.2. The molecule has 0 aliphatic heterocycles. The first-order valence-corrected chi connectivity index (χ1v) is 5.50. The highest BCUT2D eigenvalue weighted by molar-refractivity contribution is 5.43. The van der Waals surface area contributed by atoms with Gasteiger partial charge in [0.2, 0.25) is 11.8 Å². The number of aromatic nitrogens is 4. The minimum atomic E-state index is 0.180. The fraction of sp³-hybridized carbons (Fsp3) is 0.364. The summed E-state index contributed by atoms with van der Waals surface area (Å²) in [6, 6.07) is 1.70. The Bertz CT molecular complexity index is 550. The number of anilines is 2. The van der Waals surface area contributed by atoms with E-state index in [9.17, 15) is 0 Å². The normalized spacial score (nSPS) is 10.4. The number of hydrogen-bond acceptors (Lipinski definition) is 6. The van der Waals surface area contributed by atoms with Gasteiger partial charge in [-0.05, 0) is 6.92 Å². The van der Waals surface area contributed by atoms with Crippen LogP contribution in [-0.2, 0) is 13.6 Å². The van der Waals surface area contributed by atoms with E-state index >= 15 is 0 Å². The van der Waals surface area contributed by atoms with E-state index < -0.39 is 0 Å². The summed E-state index contributed by atoms with van der Waals surface area (Å²) in [7, 11) is 3.45. The molecule has 0 saturated carbocycles. The molecule has 0 saturated heterocycles. The van der Waals surface area contributed by atoms with Crippen molar-refractivity contribution >= 4 is 11.8 Å². The van der Waals surface area contributed by atoms with Crippen LogP contribution in [0.25, 0.3) is 0 Å². The molecule has 2 rings (SSSR count). The predicted molar refractivity (Wildman–Crippen MR) is 68.3 cm³/mol. The van der Waals surface area contributed by atoms with Crippen LogP contribution in [0.3, 0.4) is 0 Å². The van der Waals surface area contributed by atoms with Gasteiger partial charge < -0.3 is 15.8 Å². The van der Waals surface area contributed by atoms with Crippen molar-refractivity contribution in [1.29, 1.82) is 0 Å². The van der Waals surface area contributed by atoms with Crippen molar-refractivity contribution < 1.29 is 4.74 Å². The van der Waals surface area contributed by atoms with Gasteiger partial charge in [0.1, 0.15) is 5.82 Å². The van der Waals surface area contributed by atoms with E-state index in [-0.39, 0.29) is 5.95 Å². The highest BCUT2D eigenvalue weighted by atomic mass is 16.5. The molecule has 0 atom stereocenters. The van der Waals surface area contributed by atoms with Crippen LogP contribution in [0.5, 0.6) is 5.88 Å². The van der Waals surface area contributed by atoms with Gasteiger partial charge in [0.05, 0.1) is 13.3 Å². The van der Waals surface area contributed by atoms with Gasteiger partial charge in [-0.3, -0.25) is 4.68 Å². The lowest BCUT2D eigenvalue weighted by Gasteiger charge is -2.07. The Morgan fingerprint density at radius 2 is 2.22 bits per heavy atom. The summed E-state index contributed by atoms with van der Waals surface area (Å²) in [6.45, 7) is 2.64. The van der Waals surface area contributed by atoms with Gasteiger partial charge in [-0.2, -0.15) is 15.1 Å². The predicted octanol–water partition coefficient (Wildman–Crippen LogP) is 0.721. The average Bonchev–Trinajstić information content (AvgIpc) is 2.67. The molecule has 0 unspecified atom stereocenters. The van der Waals surface area contributed by atoms with Crippen LogP contribution in [0, 0.1) is 6.92 Å². The molecule has 7 nitrogen and oxygen atoms in total. The Morgan fingerprint density at radius 1 is 1.44 bits per heavy atom. The number of nitrogens with one attached hydrogen (secondary N) is 1. The van der Waals surface area contributed by atoms with Gasteiger partial charge >= 0.3 is 0 Å². The van der Waals surface area contributed by atoms with E-state index in [1.54, 1.807) is 6.07 Å². The van der Waals surface area contributed by atoms with Crippen LogP contribution < -0.4 is 15.8 Å². The number of aryl methyl sites for hydroxylation is 1. The highest BCUT2D eigenvalue weighted by Crippen LogP contribution is 2.15. The zero-order valence-corrected chi connectivity index (χ0v) is 10.6. The second-order valence-corrected chi connectivity index (χ2v) is 3.89. The maximum atomic E-state index is 5.58. The van der Waals surface area contributed by atoms with Gasteiger partial charge in [0, 0.05) is 30.9 Å². The fourth-order valence-electron chi connectivity index (χ4n) is 1.54. The summed E-state index contributed by atoms with van der Waals surface area (Å²) in [5.74, 6) is 1.25. The third kappa shape index (κ3) is 2.50. The molecule has 0 radical (unpaired) electrons. The summed E-state index contributed by atoms with van der Waals surface area (Å²) in [5, 5.41) is 7.34. The van der Waals surface area contributed by atoms with Crippen LogP contribution in [-0.4, -0.2) is 26.9 Å². The van der Waals surface area contributed by atoms with Crippen molar-refractivity contribution in [2.75, 3.05) is 18.2 Å². The summed E-state index contributed by atoms with van der Waals surface area (Å²) in [4.78, 5) is 8.00. The Labute approximate surface area is 105 Å². The number of ether oxygens (including phenoxy) is 1. The van der Waals surface area contributed by atoms with Crippen LogP contribution in [0.15, 0.2) is 12.3 Å². The molecular weight excluding hydrogens is 232 g/mol. The number of nitrogens with two attached hydrogens (primary N) is 1. The second kappa shape index (κ2) is 4.91. The third-order valence-corrected chi connectivity index (χ3v) is 2.73. The second-order valence-electron chi connectivity index (χ2n) is 3.89. The standard InChI is InChI=1S/C11H16N6O/c1-7-8(6-14-17(7)2)5-13-9-4-10(18-3)16-11(12)15-9/h4,6H,5H2,1-3H3,(H3,12,13,15,16). The summed E-state index contributed by atoms with van der Waals surface area (Å²) in [5.41, 5.74) is 7.79. The zero-order chi connectivity index (χ0) is 13.1. The molecule has 0 aliphatic rings. The minimum absolute atomic E-state index is 0.180. The van der Waals surface area contributed by atoms with E-state index in [1.807, 2.05) is 24.9 Å². The summed E-state index contributed by atoms with van der Waals surface area (Å²) >= 11 is 0. The van der Waals surface area contributed by atoms with E-state index in [0.29, 0.717) is 18.2 Å². The Kier molecular flexibility index (Phi) is 3.31. The SMILES string of the molecule is COc1cc(NCc2cnn(C)c2C)nc(N)n1. The van der Waals surface area contributed by atoms with Gasteiger partial charge in [-0.1, -0.05) is 0 Å².